The lowest BCUT2D eigenvalue weighted by Crippen LogP contribution is -2.41. The number of benzene rings is 1. The highest BCUT2D eigenvalue weighted by Gasteiger charge is 2.27. The van der Waals surface area contributed by atoms with Crippen molar-refractivity contribution < 1.29 is 9.90 Å². The molecule has 3 N–H and O–H groups in total. The summed E-state index contributed by atoms with van der Waals surface area (Å²) >= 11 is 6.03. The number of β-amino-alcohol motifs (C(OH)–C–C–N with tert-alkyl or cyclic N) is 1. The van der Waals surface area contributed by atoms with Crippen molar-refractivity contribution in [3.8, 4) is 0 Å². The maximum atomic E-state index is 11.7. The van der Waals surface area contributed by atoms with Gasteiger partial charge in [0.25, 0.3) is 0 Å². The number of aliphatic hydroxyl groups excluding tert-OH is 1. The summed E-state index contributed by atoms with van der Waals surface area (Å²) in [6.45, 7) is 1.04. The summed E-state index contributed by atoms with van der Waals surface area (Å²) in [4.78, 5) is 11.7. The Morgan fingerprint density at radius 2 is 2.28 bits per heavy atom. The first-order chi connectivity index (χ1) is 8.66. The molecule has 2 atom stereocenters. The van der Waals surface area contributed by atoms with Crippen molar-refractivity contribution in [2.75, 3.05) is 13.1 Å². The molecule has 18 heavy (non-hydrogen) atoms. The molecular weight excluding hydrogens is 252 g/mol. The number of aliphatic hydroxyl groups is 1. The predicted octanol–water partition coefficient (Wildman–Crippen LogP) is 0.721. The first kappa shape index (κ1) is 13.3. The van der Waals surface area contributed by atoms with Gasteiger partial charge in [-0.25, -0.2) is 0 Å². The van der Waals surface area contributed by atoms with Crippen LogP contribution in [0.15, 0.2) is 24.3 Å². The first-order valence-corrected chi connectivity index (χ1v) is 6.47. The van der Waals surface area contributed by atoms with E-state index in [9.17, 15) is 9.90 Å². The second kappa shape index (κ2) is 6.18. The Balaban J connectivity index is 1.75. The van der Waals surface area contributed by atoms with E-state index in [1.165, 1.54) is 0 Å². The van der Waals surface area contributed by atoms with Gasteiger partial charge >= 0.3 is 0 Å². The SMILES string of the molecule is O=C(NCCc1ccccc1Cl)[C@@H]1C[C@H](O)CN1. The Bertz CT molecular complexity index is 425. The third-order valence-corrected chi connectivity index (χ3v) is 3.44. The number of carbonyl (C=O) groups excluding carboxylic acids is 1. The van der Waals surface area contributed by atoms with Crippen LogP contribution in [0.3, 0.4) is 0 Å². The van der Waals surface area contributed by atoms with Gasteiger partial charge in [-0.3, -0.25) is 4.79 Å². The minimum absolute atomic E-state index is 0.0568. The fourth-order valence-corrected chi connectivity index (χ4v) is 2.29. The van der Waals surface area contributed by atoms with Gasteiger partial charge in [-0.2, -0.15) is 0 Å². The van der Waals surface area contributed by atoms with E-state index in [0.717, 1.165) is 10.6 Å². The van der Waals surface area contributed by atoms with E-state index >= 15 is 0 Å². The molecule has 1 aromatic rings. The highest BCUT2D eigenvalue weighted by molar-refractivity contribution is 6.31. The second-order valence-corrected chi connectivity index (χ2v) is 4.89. The topological polar surface area (TPSA) is 61.4 Å². The molecule has 98 valence electrons. The van der Waals surface area contributed by atoms with Crippen molar-refractivity contribution >= 4 is 17.5 Å². The van der Waals surface area contributed by atoms with Crippen molar-refractivity contribution in [1.29, 1.82) is 0 Å². The van der Waals surface area contributed by atoms with Crippen molar-refractivity contribution in [3.05, 3.63) is 34.9 Å². The fourth-order valence-electron chi connectivity index (χ4n) is 2.06. The summed E-state index contributed by atoms with van der Waals surface area (Å²) in [6, 6.07) is 7.33. The quantitative estimate of drug-likeness (QED) is 0.754. The summed E-state index contributed by atoms with van der Waals surface area (Å²) in [6.07, 6.45) is 0.780. The molecule has 0 radical (unpaired) electrons. The maximum absolute atomic E-state index is 11.7. The molecule has 0 saturated carbocycles. The molecule has 0 spiro atoms. The van der Waals surface area contributed by atoms with Gasteiger partial charge in [0.2, 0.25) is 5.91 Å². The number of carbonyl (C=O) groups is 1. The fraction of sp³-hybridized carbons (Fsp3) is 0.462. The number of rotatable bonds is 4. The molecule has 0 aliphatic carbocycles. The molecule has 5 heteroatoms. The monoisotopic (exact) mass is 268 g/mol. The van der Waals surface area contributed by atoms with Gasteiger partial charge in [0.15, 0.2) is 0 Å². The largest absolute Gasteiger partial charge is 0.392 e. The molecule has 1 fully saturated rings. The third kappa shape index (κ3) is 3.45. The number of amides is 1. The smallest absolute Gasteiger partial charge is 0.237 e. The lowest BCUT2D eigenvalue weighted by atomic mass is 10.1. The minimum Gasteiger partial charge on any atom is -0.392 e. The molecule has 1 saturated heterocycles. The van der Waals surface area contributed by atoms with Crippen LogP contribution in [-0.2, 0) is 11.2 Å². The van der Waals surface area contributed by atoms with E-state index in [1.54, 1.807) is 0 Å². The Labute approximate surface area is 111 Å². The number of halogens is 1. The average Bonchev–Trinajstić information content (AvgIpc) is 2.78. The minimum atomic E-state index is -0.413. The van der Waals surface area contributed by atoms with Gasteiger partial charge in [-0.05, 0) is 24.5 Å². The number of hydrogen-bond acceptors (Lipinski definition) is 3. The lowest BCUT2D eigenvalue weighted by Gasteiger charge is -2.11. The molecule has 2 rings (SSSR count). The van der Waals surface area contributed by atoms with Crippen molar-refractivity contribution in [1.82, 2.24) is 10.6 Å². The van der Waals surface area contributed by atoms with Crippen LogP contribution in [-0.4, -0.2) is 36.2 Å². The summed E-state index contributed by atoms with van der Waals surface area (Å²) in [5.74, 6) is -0.0568. The summed E-state index contributed by atoms with van der Waals surface area (Å²) < 4.78 is 0. The van der Waals surface area contributed by atoms with E-state index in [1.807, 2.05) is 24.3 Å². The highest BCUT2D eigenvalue weighted by atomic mass is 35.5. The van der Waals surface area contributed by atoms with Crippen LogP contribution < -0.4 is 10.6 Å². The molecular formula is C13H17ClN2O2. The Hall–Kier alpha value is -1.10. The predicted molar refractivity (Wildman–Crippen MR) is 70.6 cm³/mol. The van der Waals surface area contributed by atoms with Gasteiger partial charge in [0.05, 0.1) is 12.1 Å². The molecule has 0 unspecified atom stereocenters. The molecule has 1 aliphatic rings. The Morgan fingerprint density at radius 3 is 2.94 bits per heavy atom. The molecule has 0 bridgehead atoms. The first-order valence-electron chi connectivity index (χ1n) is 6.09. The van der Waals surface area contributed by atoms with Crippen LogP contribution in [0, 0.1) is 0 Å². The second-order valence-electron chi connectivity index (χ2n) is 4.48. The van der Waals surface area contributed by atoms with Crippen molar-refractivity contribution in [2.24, 2.45) is 0 Å². The normalized spacial score (nSPS) is 23.0. The zero-order chi connectivity index (χ0) is 13.0. The molecule has 1 heterocycles. The third-order valence-electron chi connectivity index (χ3n) is 3.08. The van der Waals surface area contributed by atoms with Gasteiger partial charge in [-0.1, -0.05) is 29.8 Å². The van der Waals surface area contributed by atoms with Gasteiger partial charge < -0.3 is 15.7 Å². The molecule has 4 nitrogen and oxygen atoms in total. The Morgan fingerprint density at radius 1 is 1.50 bits per heavy atom. The van der Waals surface area contributed by atoms with Crippen LogP contribution in [0.4, 0.5) is 0 Å². The van der Waals surface area contributed by atoms with Crippen LogP contribution >= 0.6 is 11.6 Å². The summed E-state index contributed by atoms with van der Waals surface area (Å²) in [7, 11) is 0. The van der Waals surface area contributed by atoms with E-state index in [4.69, 9.17) is 11.6 Å². The highest BCUT2D eigenvalue weighted by Crippen LogP contribution is 2.14. The zero-order valence-corrected chi connectivity index (χ0v) is 10.8. The lowest BCUT2D eigenvalue weighted by molar-refractivity contribution is -0.122. The zero-order valence-electron chi connectivity index (χ0n) is 10.0. The Kier molecular flexibility index (Phi) is 4.58. The standard InChI is InChI=1S/C13H17ClN2O2/c14-11-4-2-1-3-9(11)5-6-15-13(18)12-7-10(17)8-16-12/h1-4,10,12,16-17H,5-8H2,(H,15,18)/t10-,12-/m0/s1. The van der Waals surface area contributed by atoms with Crippen LogP contribution in [0.5, 0.6) is 0 Å². The van der Waals surface area contributed by atoms with Crippen LogP contribution in [0.2, 0.25) is 5.02 Å². The van der Waals surface area contributed by atoms with Crippen LogP contribution in [0.25, 0.3) is 0 Å². The number of nitrogens with one attached hydrogen (secondary N) is 2. The maximum Gasteiger partial charge on any atom is 0.237 e. The van der Waals surface area contributed by atoms with Gasteiger partial charge in [0.1, 0.15) is 0 Å². The molecule has 1 aliphatic heterocycles. The van der Waals surface area contributed by atoms with E-state index in [2.05, 4.69) is 10.6 Å². The molecule has 1 aromatic carbocycles. The van der Waals surface area contributed by atoms with Gasteiger partial charge in [0, 0.05) is 18.1 Å². The van der Waals surface area contributed by atoms with E-state index < -0.39 is 6.10 Å². The molecule has 0 aromatic heterocycles. The van der Waals surface area contributed by atoms with Crippen molar-refractivity contribution in [2.45, 2.75) is 25.0 Å². The molecule has 1 amide bonds. The van der Waals surface area contributed by atoms with Crippen LogP contribution in [0.1, 0.15) is 12.0 Å². The summed E-state index contributed by atoms with van der Waals surface area (Å²) in [5.41, 5.74) is 1.03. The summed E-state index contributed by atoms with van der Waals surface area (Å²) in [5, 5.41) is 15.9. The van der Waals surface area contributed by atoms with Crippen molar-refractivity contribution in [3.63, 3.8) is 0 Å². The average molecular weight is 269 g/mol. The number of hydrogen-bond donors (Lipinski definition) is 3. The van der Waals surface area contributed by atoms with Gasteiger partial charge in [-0.15, -0.1) is 0 Å². The van der Waals surface area contributed by atoms with E-state index in [-0.39, 0.29) is 11.9 Å². The van der Waals surface area contributed by atoms with E-state index in [0.29, 0.717) is 25.9 Å².